The van der Waals surface area contributed by atoms with E-state index in [9.17, 15) is 21.6 Å². The van der Waals surface area contributed by atoms with Gasteiger partial charge in [0.1, 0.15) is 5.82 Å². The van der Waals surface area contributed by atoms with Gasteiger partial charge in [0.05, 0.1) is 20.8 Å². The van der Waals surface area contributed by atoms with Gasteiger partial charge in [-0.2, -0.15) is 0 Å². The zero-order valence-electron chi connectivity index (χ0n) is 24.8. The van der Waals surface area contributed by atoms with Crippen molar-refractivity contribution in [3.05, 3.63) is 114 Å². The van der Waals surface area contributed by atoms with Gasteiger partial charge in [0.25, 0.3) is 15.9 Å². The van der Waals surface area contributed by atoms with Crippen LogP contribution in [0.5, 0.6) is 0 Å². The van der Waals surface area contributed by atoms with Crippen molar-refractivity contribution < 1.29 is 21.6 Å². The lowest BCUT2D eigenvalue weighted by atomic mass is 9.98. The average Bonchev–Trinajstić information content (AvgIpc) is 3.36. The lowest BCUT2D eigenvalue weighted by Crippen LogP contribution is -2.30. The molecular formula is C33H34N4O5S2. The van der Waals surface area contributed by atoms with Crippen LogP contribution < -0.4 is 4.72 Å². The molecule has 0 unspecified atom stereocenters. The molecule has 0 aliphatic carbocycles. The summed E-state index contributed by atoms with van der Waals surface area (Å²) in [6.07, 6.45) is 2.70. The number of benzene rings is 4. The van der Waals surface area contributed by atoms with E-state index in [-0.39, 0.29) is 15.4 Å². The monoisotopic (exact) mass is 630 g/mol. The van der Waals surface area contributed by atoms with Gasteiger partial charge < -0.3 is 4.57 Å². The first-order chi connectivity index (χ1) is 21.0. The highest BCUT2D eigenvalue weighted by atomic mass is 32.2. The van der Waals surface area contributed by atoms with Gasteiger partial charge in [-0.1, -0.05) is 74.0 Å². The maximum Gasteiger partial charge on any atom is 0.265 e. The second kappa shape index (κ2) is 12.7. The van der Waals surface area contributed by atoms with E-state index in [0.717, 1.165) is 41.7 Å². The number of nitrogens with zero attached hydrogens (tertiary/aromatic N) is 3. The van der Waals surface area contributed by atoms with E-state index < -0.39 is 26.0 Å². The Morgan fingerprint density at radius 2 is 1.52 bits per heavy atom. The summed E-state index contributed by atoms with van der Waals surface area (Å²) in [5, 5.41) is 0. The molecule has 0 aliphatic rings. The van der Waals surface area contributed by atoms with Crippen LogP contribution in [0.1, 0.15) is 41.5 Å². The van der Waals surface area contributed by atoms with Crippen LogP contribution in [0.15, 0.2) is 107 Å². The van der Waals surface area contributed by atoms with Gasteiger partial charge in [-0.25, -0.2) is 30.8 Å². The number of amides is 1. The third kappa shape index (κ3) is 6.45. The number of aromatic nitrogens is 2. The summed E-state index contributed by atoms with van der Waals surface area (Å²) < 4.78 is 56.5. The van der Waals surface area contributed by atoms with E-state index in [2.05, 4.69) is 16.2 Å². The molecule has 5 rings (SSSR count). The van der Waals surface area contributed by atoms with E-state index in [1.807, 2.05) is 24.3 Å². The maximum atomic E-state index is 13.1. The van der Waals surface area contributed by atoms with Crippen LogP contribution in [0.2, 0.25) is 0 Å². The minimum Gasteiger partial charge on any atom is -0.323 e. The van der Waals surface area contributed by atoms with Crippen LogP contribution in [0.25, 0.3) is 22.2 Å². The number of hydrogen-bond acceptors (Lipinski definition) is 6. The van der Waals surface area contributed by atoms with Crippen LogP contribution in [0.4, 0.5) is 0 Å². The van der Waals surface area contributed by atoms with E-state index >= 15 is 0 Å². The number of rotatable bonds is 11. The first-order valence-corrected chi connectivity index (χ1v) is 17.2. The number of nitrogens with one attached hydrogen (secondary N) is 1. The number of fused-ring (bicyclic) bond motifs is 1. The van der Waals surface area contributed by atoms with Crippen molar-refractivity contribution in [1.82, 2.24) is 18.6 Å². The van der Waals surface area contributed by atoms with Crippen LogP contribution in [-0.2, 0) is 33.0 Å². The van der Waals surface area contributed by atoms with E-state index in [1.54, 1.807) is 60.7 Å². The topological polar surface area (TPSA) is 118 Å². The number of aryl methyl sites for hydroxylation is 1. The molecule has 0 fully saturated rings. The molecule has 1 aromatic heterocycles. The van der Waals surface area contributed by atoms with Crippen molar-refractivity contribution in [3.63, 3.8) is 0 Å². The summed E-state index contributed by atoms with van der Waals surface area (Å²) in [5.74, 6) is 0.168. The molecule has 228 valence electrons. The first kappa shape index (κ1) is 31.1. The van der Waals surface area contributed by atoms with Gasteiger partial charge in [-0.05, 0) is 59.5 Å². The normalized spacial score (nSPS) is 12.1. The van der Waals surface area contributed by atoms with Gasteiger partial charge in [-0.15, -0.1) is 0 Å². The molecular weight excluding hydrogens is 597 g/mol. The van der Waals surface area contributed by atoms with Gasteiger partial charge >= 0.3 is 0 Å². The Kier molecular flexibility index (Phi) is 9.00. The summed E-state index contributed by atoms with van der Waals surface area (Å²) in [6.45, 7) is 2.63. The van der Waals surface area contributed by atoms with Crippen LogP contribution in [-0.4, -0.2) is 50.7 Å². The number of carbonyl (C=O) groups is 1. The first-order valence-electron chi connectivity index (χ1n) is 14.2. The molecule has 1 heterocycles. The third-order valence-corrected chi connectivity index (χ3v) is 10.5. The van der Waals surface area contributed by atoms with Gasteiger partial charge in [0.2, 0.25) is 10.0 Å². The number of unbranched alkanes of at least 4 members (excludes halogenated alkanes) is 1. The lowest BCUT2D eigenvalue weighted by molar-refractivity contribution is 0.0982. The van der Waals surface area contributed by atoms with Crippen LogP contribution >= 0.6 is 0 Å². The van der Waals surface area contributed by atoms with E-state index in [4.69, 9.17) is 4.98 Å². The lowest BCUT2D eigenvalue weighted by Gasteiger charge is -2.13. The third-order valence-electron chi connectivity index (χ3n) is 7.39. The minimum atomic E-state index is -4.03. The highest BCUT2D eigenvalue weighted by Gasteiger charge is 2.22. The second-order valence-electron chi connectivity index (χ2n) is 10.6. The molecule has 0 saturated carbocycles. The Balaban J connectivity index is 1.43. The molecule has 0 spiro atoms. The van der Waals surface area contributed by atoms with Gasteiger partial charge in [-0.3, -0.25) is 4.79 Å². The maximum absolute atomic E-state index is 13.1. The number of hydrogen-bond donors (Lipinski definition) is 1. The molecule has 1 N–H and O–H groups in total. The molecule has 0 radical (unpaired) electrons. The SMILES string of the molecule is CCCCc1nc2cc(S(=O)(=O)N(C)C)ccc2n1Cc1ccc(-c2ccccc2C(=O)NS(=O)(=O)c2ccccc2)cc1. The molecule has 5 aromatic rings. The molecule has 4 aromatic carbocycles. The molecule has 44 heavy (non-hydrogen) atoms. The van der Waals surface area contributed by atoms with Crippen molar-refractivity contribution in [2.75, 3.05) is 14.1 Å². The van der Waals surface area contributed by atoms with Crippen molar-refractivity contribution in [2.45, 2.75) is 42.5 Å². The van der Waals surface area contributed by atoms with Crippen molar-refractivity contribution in [3.8, 4) is 11.1 Å². The molecule has 0 atom stereocenters. The number of imidazole rings is 1. The Bertz CT molecular complexity index is 2020. The minimum absolute atomic E-state index is 0.0102. The highest BCUT2D eigenvalue weighted by Crippen LogP contribution is 2.27. The predicted octanol–water partition coefficient (Wildman–Crippen LogP) is 5.46. The number of sulfonamides is 2. The zero-order chi connectivity index (χ0) is 31.5. The smallest absolute Gasteiger partial charge is 0.265 e. The predicted molar refractivity (Wildman–Crippen MR) is 171 cm³/mol. The fourth-order valence-electron chi connectivity index (χ4n) is 4.97. The van der Waals surface area contributed by atoms with E-state index in [0.29, 0.717) is 17.6 Å². The second-order valence-corrected chi connectivity index (χ2v) is 14.5. The Labute approximate surface area is 258 Å². The summed E-state index contributed by atoms with van der Waals surface area (Å²) in [5.41, 5.74) is 4.07. The Morgan fingerprint density at radius 3 is 2.20 bits per heavy atom. The molecule has 0 bridgehead atoms. The Morgan fingerprint density at radius 1 is 0.841 bits per heavy atom. The average molecular weight is 631 g/mol. The van der Waals surface area contributed by atoms with Crippen LogP contribution in [0.3, 0.4) is 0 Å². The zero-order valence-corrected chi connectivity index (χ0v) is 26.4. The van der Waals surface area contributed by atoms with Crippen LogP contribution in [0, 0.1) is 0 Å². The Hall–Kier alpha value is -4.32. The van der Waals surface area contributed by atoms with Gasteiger partial charge in [0, 0.05) is 32.6 Å². The fraction of sp³-hybridized carbons (Fsp3) is 0.212. The summed E-state index contributed by atoms with van der Waals surface area (Å²) in [4.78, 5) is 18.2. The van der Waals surface area contributed by atoms with Gasteiger partial charge in [0.15, 0.2) is 0 Å². The largest absolute Gasteiger partial charge is 0.323 e. The molecule has 0 saturated heterocycles. The summed E-state index contributed by atoms with van der Waals surface area (Å²) in [7, 11) is -4.61. The van der Waals surface area contributed by atoms with Crippen molar-refractivity contribution in [1.29, 1.82) is 0 Å². The summed E-state index contributed by atoms with van der Waals surface area (Å²) >= 11 is 0. The molecule has 11 heteroatoms. The summed E-state index contributed by atoms with van der Waals surface area (Å²) in [6, 6.07) is 27.4. The molecule has 1 amide bonds. The molecule has 0 aliphatic heterocycles. The fourth-order valence-corrected chi connectivity index (χ4v) is 6.88. The van der Waals surface area contributed by atoms with Crippen molar-refractivity contribution >= 4 is 37.0 Å². The van der Waals surface area contributed by atoms with Crippen molar-refractivity contribution in [2.24, 2.45) is 0 Å². The molecule has 9 nitrogen and oxygen atoms in total. The number of carbonyl (C=O) groups excluding carboxylic acids is 1. The van der Waals surface area contributed by atoms with E-state index in [1.165, 1.54) is 30.5 Å². The quantitative estimate of drug-likeness (QED) is 0.207. The highest BCUT2D eigenvalue weighted by molar-refractivity contribution is 7.90. The standard InChI is InChI=1S/C33H34N4O5S2/c1-4-5-15-32-34-30-22-27(44(41,42)36(2)3)20-21-31(30)37(32)23-24-16-18-25(19-17-24)28-13-9-10-14-29(28)33(38)35-43(39,40)26-11-7-6-8-12-26/h6-14,16-22H,4-5,15,23H2,1-3H3,(H,35,38).